The fourth-order valence-corrected chi connectivity index (χ4v) is 4.82. The molecule has 2 saturated carbocycles. The number of rotatable bonds is 6. The minimum absolute atomic E-state index is 0.0464. The van der Waals surface area contributed by atoms with Gasteiger partial charge < -0.3 is 10.6 Å². The molecule has 0 saturated heterocycles. The second-order valence-electron chi connectivity index (χ2n) is 7.78. The van der Waals surface area contributed by atoms with Gasteiger partial charge in [0, 0.05) is 35.1 Å². The van der Waals surface area contributed by atoms with E-state index in [9.17, 15) is 9.59 Å². The highest BCUT2D eigenvalue weighted by Crippen LogP contribution is 2.59. The third-order valence-corrected chi connectivity index (χ3v) is 6.35. The number of nitrogens with one attached hydrogen (secondary N) is 2. The first-order chi connectivity index (χ1) is 13.6. The number of pyridine rings is 1. The first-order valence-corrected chi connectivity index (χ1v) is 10.2. The Balaban J connectivity index is 1.30. The molecule has 0 aliphatic heterocycles. The van der Waals surface area contributed by atoms with E-state index in [4.69, 9.17) is 11.6 Å². The molecule has 146 valence electrons. The fourth-order valence-electron chi connectivity index (χ4n) is 4.70. The van der Waals surface area contributed by atoms with Crippen LogP contribution < -0.4 is 10.6 Å². The van der Waals surface area contributed by atoms with Crippen molar-refractivity contribution in [2.24, 2.45) is 17.8 Å². The van der Waals surface area contributed by atoms with Gasteiger partial charge in [0.15, 0.2) is 0 Å². The molecule has 1 heterocycles. The van der Waals surface area contributed by atoms with E-state index in [1.54, 1.807) is 48.8 Å². The molecule has 2 aromatic rings. The van der Waals surface area contributed by atoms with E-state index in [0.29, 0.717) is 33.9 Å². The summed E-state index contributed by atoms with van der Waals surface area (Å²) in [5.74, 6) is 1.56. The second kappa shape index (κ2) is 7.92. The van der Waals surface area contributed by atoms with Crippen LogP contribution in [0.5, 0.6) is 0 Å². The largest absolute Gasteiger partial charge is 0.349 e. The maximum Gasteiger partial charge on any atom is 0.253 e. The van der Waals surface area contributed by atoms with Gasteiger partial charge in [-0.25, -0.2) is 0 Å². The number of benzene rings is 1. The molecule has 2 N–H and O–H groups in total. The number of nitrogens with zero attached hydrogens (tertiary/aromatic N) is 1. The summed E-state index contributed by atoms with van der Waals surface area (Å²) in [5.41, 5.74) is 1.23. The normalized spacial score (nSPS) is 26.2. The molecule has 1 aromatic carbocycles. The Bertz CT molecular complexity index is 844. The molecule has 4 rings (SSSR count). The van der Waals surface area contributed by atoms with Crippen LogP contribution in [0.3, 0.4) is 0 Å². The molecule has 5 atom stereocenters. The number of carbonyl (C=O) groups excluding carboxylic acids is 2. The van der Waals surface area contributed by atoms with Crippen LogP contribution in [0.1, 0.15) is 46.9 Å². The molecule has 5 nitrogen and oxygen atoms in total. The summed E-state index contributed by atoms with van der Waals surface area (Å²) < 4.78 is 0. The average Bonchev–Trinajstić information content (AvgIpc) is 3.20. The smallest absolute Gasteiger partial charge is 0.253 e. The zero-order valence-corrected chi connectivity index (χ0v) is 16.5. The van der Waals surface area contributed by atoms with Gasteiger partial charge in [0.25, 0.3) is 11.8 Å². The highest BCUT2D eigenvalue weighted by atomic mass is 35.5. The lowest BCUT2D eigenvalue weighted by atomic mass is 9.99. The lowest BCUT2D eigenvalue weighted by Crippen LogP contribution is -2.39. The van der Waals surface area contributed by atoms with Gasteiger partial charge in [-0.05, 0) is 73.4 Å². The Morgan fingerprint density at radius 3 is 2.43 bits per heavy atom. The summed E-state index contributed by atoms with van der Waals surface area (Å²) in [4.78, 5) is 28.8. The second-order valence-corrected chi connectivity index (χ2v) is 8.22. The monoisotopic (exact) mass is 397 g/mol. The van der Waals surface area contributed by atoms with E-state index in [0.717, 1.165) is 19.3 Å². The Morgan fingerprint density at radius 2 is 1.82 bits per heavy atom. The van der Waals surface area contributed by atoms with Crippen molar-refractivity contribution in [3.8, 4) is 0 Å². The molecule has 6 heteroatoms. The Kier molecular flexibility index (Phi) is 5.36. The number of carbonyl (C=O) groups is 2. The fraction of sp³-hybridized carbons (Fsp3) is 0.409. The molecular weight excluding hydrogens is 374 g/mol. The first-order valence-electron chi connectivity index (χ1n) is 9.84. The molecule has 2 aliphatic carbocycles. The highest BCUT2D eigenvalue weighted by molar-refractivity contribution is 6.30. The van der Waals surface area contributed by atoms with Crippen molar-refractivity contribution in [2.75, 3.05) is 0 Å². The van der Waals surface area contributed by atoms with Gasteiger partial charge in [-0.15, -0.1) is 0 Å². The third-order valence-electron chi connectivity index (χ3n) is 6.10. The van der Waals surface area contributed by atoms with E-state index in [1.165, 1.54) is 0 Å². The van der Waals surface area contributed by atoms with Crippen LogP contribution >= 0.6 is 11.6 Å². The van der Waals surface area contributed by atoms with Crippen molar-refractivity contribution in [1.29, 1.82) is 0 Å². The summed E-state index contributed by atoms with van der Waals surface area (Å²) in [6.45, 7) is 2.11. The molecule has 2 fully saturated rings. The summed E-state index contributed by atoms with van der Waals surface area (Å²) in [6, 6.07) is 10.9. The van der Waals surface area contributed by atoms with E-state index in [2.05, 4.69) is 22.5 Å². The third kappa shape index (κ3) is 3.90. The lowest BCUT2D eigenvalue weighted by molar-refractivity contribution is 0.0927. The Morgan fingerprint density at radius 1 is 1.11 bits per heavy atom. The maximum absolute atomic E-state index is 12.5. The number of halogens is 1. The van der Waals surface area contributed by atoms with Crippen LogP contribution in [0.2, 0.25) is 5.02 Å². The molecular formula is C22H24ClN3O2. The zero-order valence-electron chi connectivity index (χ0n) is 15.8. The Labute approximate surface area is 169 Å². The van der Waals surface area contributed by atoms with Gasteiger partial charge in [-0.1, -0.05) is 18.5 Å². The van der Waals surface area contributed by atoms with Crippen LogP contribution in [0.25, 0.3) is 0 Å². The van der Waals surface area contributed by atoms with Gasteiger partial charge in [-0.3, -0.25) is 14.6 Å². The van der Waals surface area contributed by atoms with Crippen LogP contribution in [0.4, 0.5) is 0 Å². The van der Waals surface area contributed by atoms with Crippen molar-refractivity contribution in [1.82, 2.24) is 15.6 Å². The summed E-state index contributed by atoms with van der Waals surface area (Å²) >= 11 is 5.90. The summed E-state index contributed by atoms with van der Waals surface area (Å²) in [6.07, 6.45) is 6.12. The van der Waals surface area contributed by atoms with Crippen molar-refractivity contribution < 1.29 is 9.59 Å². The minimum atomic E-state index is -0.0565. The van der Waals surface area contributed by atoms with Gasteiger partial charge in [0.1, 0.15) is 0 Å². The van der Waals surface area contributed by atoms with Gasteiger partial charge in [-0.2, -0.15) is 0 Å². The van der Waals surface area contributed by atoms with Crippen molar-refractivity contribution in [2.45, 2.75) is 38.3 Å². The number of fused-ring (bicyclic) bond motifs is 1. The quantitative estimate of drug-likeness (QED) is 0.780. The molecule has 0 radical (unpaired) electrons. The van der Waals surface area contributed by atoms with E-state index in [-0.39, 0.29) is 23.9 Å². The Hall–Kier alpha value is -2.40. The number of hydrogen-bond acceptors (Lipinski definition) is 3. The van der Waals surface area contributed by atoms with Crippen molar-refractivity contribution in [3.05, 3.63) is 64.9 Å². The molecule has 2 amide bonds. The van der Waals surface area contributed by atoms with Gasteiger partial charge >= 0.3 is 0 Å². The molecule has 28 heavy (non-hydrogen) atoms. The van der Waals surface area contributed by atoms with Crippen LogP contribution in [0, 0.1) is 17.8 Å². The van der Waals surface area contributed by atoms with Crippen LogP contribution in [0.15, 0.2) is 48.8 Å². The van der Waals surface area contributed by atoms with E-state index >= 15 is 0 Å². The molecule has 0 spiro atoms. The number of amides is 2. The highest BCUT2D eigenvalue weighted by Gasteiger charge is 2.58. The van der Waals surface area contributed by atoms with E-state index < -0.39 is 0 Å². The maximum atomic E-state index is 12.5. The predicted octanol–water partition coefficient (Wildman–Crippen LogP) is 3.70. The average molecular weight is 398 g/mol. The van der Waals surface area contributed by atoms with Crippen molar-refractivity contribution in [3.63, 3.8) is 0 Å². The SMILES string of the molecule is CC[C@@H](NC(=O)c1ccc(Cl)cc1)[C@H]1[C@@H]2C[C@@H](NC(=O)c3cccnc3)C[C@@H]21. The molecule has 0 bridgehead atoms. The molecule has 2 aliphatic rings. The molecule has 0 unspecified atom stereocenters. The lowest BCUT2D eigenvalue weighted by Gasteiger charge is -2.22. The van der Waals surface area contributed by atoms with Crippen LogP contribution in [-0.4, -0.2) is 28.9 Å². The van der Waals surface area contributed by atoms with E-state index in [1.807, 2.05) is 0 Å². The summed E-state index contributed by atoms with van der Waals surface area (Å²) in [5, 5.41) is 6.95. The van der Waals surface area contributed by atoms with Crippen LogP contribution in [-0.2, 0) is 0 Å². The van der Waals surface area contributed by atoms with Crippen molar-refractivity contribution >= 4 is 23.4 Å². The molecule has 1 aromatic heterocycles. The zero-order chi connectivity index (χ0) is 19.7. The standard InChI is InChI=1S/C22H24ClN3O2/c1-2-19(26-21(27)13-5-7-15(23)8-6-13)20-17-10-16(11-18(17)20)25-22(28)14-4-3-9-24-12-14/h3-9,12,16-20H,2,10-11H2,1H3,(H,25,28)(H,26,27)/t16-,17-,18+,19-,20+/m1/s1. The topological polar surface area (TPSA) is 71.1 Å². The summed E-state index contributed by atoms with van der Waals surface area (Å²) in [7, 11) is 0. The van der Waals surface area contributed by atoms with Gasteiger partial charge in [0.2, 0.25) is 0 Å². The first kappa shape index (κ1) is 18.9. The minimum Gasteiger partial charge on any atom is -0.349 e. The van der Waals surface area contributed by atoms with Gasteiger partial charge in [0.05, 0.1) is 5.56 Å². The predicted molar refractivity (Wildman–Crippen MR) is 108 cm³/mol. The number of hydrogen-bond donors (Lipinski definition) is 2. The number of aromatic nitrogens is 1.